The third-order valence-corrected chi connectivity index (χ3v) is 3.68. The number of morpholine rings is 1. The zero-order valence-corrected chi connectivity index (χ0v) is 11.3. The van der Waals surface area contributed by atoms with Crippen LogP contribution in [0.2, 0.25) is 0 Å². The van der Waals surface area contributed by atoms with Crippen molar-refractivity contribution in [1.82, 2.24) is 10.2 Å². The second-order valence-corrected chi connectivity index (χ2v) is 5.15. The number of ether oxygens (including phenoxy) is 1. The molecular weight excluding hydrogens is 200 g/mol. The Labute approximate surface area is 101 Å². The minimum atomic E-state index is 0.571. The highest BCUT2D eigenvalue weighted by atomic mass is 16.5. The van der Waals surface area contributed by atoms with Crippen LogP contribution in [0.25, 0.3) is 0 Å². The fraction of sp³-hybridized carbons (Fsp3) is 1.00. The van der Waals surface area contributed by atoms with E-state index in [4.69, 9.17) is 4.74 Å². The fourth-order valence-electron chi connectivity index (χ4n) is 2.19. The van der Waals surface area contributed by atoms with E-state index in [9.17, 15) is 0 Å². The molecule has 0 aromatic carbocycles. The van der Waals surface area contributed by atoms with Crippen molar-refractivity contribution in [3.63, 3.8) is 0 Å². The molecule has 0 aromatic heterocycles. The molecule has 0 aromatic rings. The molecule has 1 fully saturated rings. The predicted molar refractivity (Wildman–Crippen MR) is 68.8 cm³/mol. The van der Waals surface area contributed by atoms with Gasteiger partial charge in [-0.05, 0) is 19.8 Å². The lowest BCUT2D eigenvalue weighted by atomic mass is 10.0. The van der Waals surface area contributed by atoms with Crippen LogP contribution in [-0.4, -0.2) is 49.8 Å². The Kier molecular flexibility index (Phi) is 6.32. The monoisotopic (exact) mass is 228 g/mol. The van der Waals surface area contributed by atoms with Crippen LogP contribution in [0.3, 0.4) is 0 Å². The Balaban J connectivity index is 2.20. The largest absolute Gasteiger partial charge is 0.379 e. The Hall–Kier alpha value is -0.120. The van der Waals surface area contributed by atoms with Crippen molar-refractivity contribution in [3.05, 3.63) is 0 Å². The van der Waals surface area contributed by atoms with Crippen molar-refractivity contribution >= 4 is 0 Å². The van der Waals surface area contributed by atoms with Crippen LogP contribution in [-0.2, 0) is 4.74 Å². The molecule has 3 nitrogen and oxygen atoms in total. The minimum absolute atomic E-state index is 0.571. The summed E-state index contributed by atoms with van der Waals surface area (Å²) in [7, 11) is 0. The Morgan fingerprint density at radius 2 is 1.81 bits per heavy atom. The summed E-state index contributed by atoms with van der Waals surface area (Å²) in [6.45, 7) is 14.3. The highest BCUT2D eigenvalue weighted by molar-refractivity contribution is 4.75. The number of nitrogens with zero attached hydrogens (tertiary/aromatic N) is 1. The van der Waals surface area contributed by atoms with E-state index in [0.717, 1.165) is 38.8 Å². The molecule has 1 rings (SSSR count). The molecule has 0 aliphatic carbocycles. The van der Waals surface area contributed by atoms with E-state index >= 15 is 0 Å². The second-order valence-electron chi connectivity index (χ2n) is 5.15. The van der Waals surface area contributed by atoms with Gasteiger partial charge in [-0.25, -0.2) is 0 Å². The standard InChI is InChI=1S/C13H28N2O/c1-5-11(2)13(4)14-12(3)10-15-6-8-16-9-7-15/h11-14H,5-10H2,1-4H3. The molecule has 0 saturated carbocycles. The zero-order valence-electron chi connectivity index (χ0n) is 11.3. The normalized spacial score (nSPS) is 24.0. The molecule has 1 aliphatic rings. The van der Waals surface area contributed by atoms with Gasteiger partial charge in [-0.1, -0.05) is 20.3 Å². The maximum absolute atomic E-state index is 5.36. The van der Waals surface area contributed by atoms with Gasteiger partial charge in [-0.3, -0.25) is 4.90 Å². The van der Waals surface area contributed by atoms with Gasteiger partial charge in [-0.15, -0.1) is 0 Å². The summed E-state index contributed by atoms with van der Waals surface area (Å²) < 4.78 is 5.36. The van der Waals surface area contributed by atoms with E-state index in [0.29, 0.717) is 12.1 Å². The molecule has 1 saturated heterocycles. The lowest BCUT2D eigenvalue weighted by Crippen LogP contribution is -2.47. The Bertz CT molecular complexity index is 177. The number of rotatable bonds is 6. The van der Waals surface area contributed by atoms with Gasteiger partial charge in [0, 0.05) is 31.7 Å². The summed E-state index contributed by atoms with van der Waals surface area (Å²) in [6, 6.07) is 1.18. The molecule has 3 atom stereocenters. The van der Waals surface area contributed by atoms with Crippen LogP contribution >= 0.6 is 0 Å². The van der Waals surface area contributed by atoms with E-state index in [1.807, 2.05) is 0 Å². The quantitative estimate of drug-likeness (QED) is 0.749. The second kappa shape index (κ2) is 7.25. The maximum atomic E-state index is 5.36. The molecule has 3 heteroatoms. The average Bonchev–Trinajstić information content (AvgIpc) is 2.29. The van der Waals surface area contributed by atoms with Crippen molar-refractivity contribution in [1.29, 1.82) is 0 Å². The molecule has 96 valence electrons. The first kappa shape index (κ1) is 13.9. The van der Waals surface area contributed by atoms with E-state index < -0.39 is 0 Å². The van der Waals surface area contributed by atoms with Crippen molar-refractivity contribution < 1.29 is 4.74 Å². The lowest BCUT2D eigenvalue weighted by molar-refractivity contribution is 0.0336. The average molecular weight is 228 g/mol. The summed E-state index contributed by atoms with van der Waals surface area (Å²) in [4.78, 5) is 2.49. The highest BCUT2D eigenvalue weighted by Crippen LogP contribution is 2.08. The molecular formula is C13H28N2O. The number of nitrogens with one attached hydrogen (secondary N) is 1. The van der Waals surface area contributed by atoms with Crippen LogP contribution in [0.4, 0.5) is 0 Å². The van der Waals surface area contributed by atoms with Gasteiger partial charge in [0.05, 0.1) is 13.2 Å². The van der Waals surface area contributed by atoms with Gasteiger partial charge >= 0.3 is 0 Å². The van der Waals surface area contributed by atoms with Crippen LogP contribution in [0.15, 0.2) is 0 Å². The van der Waals surface area contributed by atoms with Crippen molar-refractivity contribution in [2.24, 2.45) is 5.92 Å². The van der Waals surface area contributed by atoms with Gasteiger partial charge in [-0.2, -0.15) is 0 Å². The molecule has 1 N–H and O–H groups in total. The molecule has 16 heavy (non-hydrogen) atoms. The first-order valence-corrected chi connectivity index (χ1v) is 6.69. The van der Waals surface area contributed by atoms with Crippen LogP contribution in [0.1, 0.15) is 34.1 Å². The first-order valence-electron chi connectivity index (χ1n) is 6.69. The third kappa shape index (κ3) is 4.81. The fourth-order valence-corrected chi connectivity index (χ4v) is 2.19. The Morgan fingerprint density at radius 1 is 1.19 bits per heavy atom. The molecule has 1 heterocycles. The van der Waals surface area contributed by atoms with Gasteiger partial charge < -0.3 is 10.1 Å². The molecule has 0 spiro atoms. The molecule has 0 bridgehead atoms. The van der Waals surface area contributed by atoms with E-state index in [1.54, 1.807) is 0 Å². The van der Waals surface area contributed by atoms with E-state index in [2.05, 4.69) is 37.9 Å². The summed E-state index contributed by atoms with van der Waals surface area (Å²) in [5.74, 6) is 0.757. The van der Waals surface area contributed by atoms with Gasteiger partial charge in [0.1, 0.15) is 0 Å². The van der Waals surface area contributed by atoms with Crippen LogP contribution in [0, 0.1) is 5.92 Å². The van der Waals surface area contributed by atoms with Crippen LogP contribution < -0.4 is 5.32 Å². The van der Waals surface area contributed by atoms with Crippen molar-refractivity contribution in [3.8, 4) is 0 Å². The number of hydrogen-bond acceptors (Lipinski definition) is 3. The molecule has 3 unspecified atom stereocenters. The maximum Gasteiger partial charge on any atom is 0.0594 e. The molecule has 0 amide bonds. The summed E-state index contributed by atoms with van der Waals surface area (Å²) in [5.41, 5.74) is 0. The summed E-state index contributed by atoms with van der Waals surface area (Å²) in [5, 5.41) is 3.70. The first-order chi connectivity index (χ1) is 7.63. The minimum Gasteiger partial charge on any atom is -0.379 e. The number of hydrogen-bond donors (Lipinski definition) is 1. The predicted octanol–water partition coefficient (Wildman–Crippen LogP) is 1.73. The van der Waals surface area contributed by atoms with Crippen molar-refractivity contribution in [2.45, 2.75) is 46.2 Å². The smallest absolute Gasteiger partial charge is 0.0594 e. The summed E-state index contributed by atoms with van der Waals surface area (Å²) >= 11 is 0. The van der Waals surface area contributed by atoms with Gasteiger partial charge in [0.25, 0.3) is 0 Å². The molecule has 1 aliphatic heterocycles. The SMILES string of the molecule is CCC(C)C(C)NC(C)CN1CCOCC1. The Morgan fingerprint density at radius 3 is 2.38 bits per heavy atom. The zero-order chi connectivity index (χ0) is 12.0. The molecule has 0 radical (unpaired) electrons. The van der Waals surface area contributed by atoms with Crippen LogP contribution in [0.5, 0.6) is 0 Å². The third-order valence-electron chi connectivity index (χ3n) is 3.68. The highest BCUT2D eigenvalue weighted by Gasteiger charge is 2.16. The van der Waals surface area contributed by atoms with Crippen molar-refractivity contribution in [2.75, 3.05) is 32.8 Å². The topological polar surface area (TPSA) is 24.5 Å². The lowest BCUT2D eigenvalue weighted by Gasteiger charge is -2.31. The van der Waals surface area contributed by atoms with E-state index in [-0.39, 0.29) is 0 Å². The van der Waals surface area contributed by atoms with Gasteiger partial charge in [0.15, 0.2) is 0 Å². The van der Waals surface area contributed by atoms with E-state index in [1.165, 1.54) is 6.42 Å². The summed E-state index contributed by atoms with van der Waals surface area (Å²) in [6.07, 6.45) is 1.25. The van der Waals surface area contributed by atoms with Gasteiger partial charge in [0.2, 0.25) is 0 Å².